The summed E-state index contributed by atoms with van der Waals surface area (Å²) in [4.78, 5) is 53.1. The first-order valence-corrected chi connectivity index (χ1v) is 12.3. The van der Waals surface area contributed by atoms with E-state index in [4.69, 9.17) is 14.2 Å². The van der Waals surface area contributed by atoms with Crippen LogP contribution in [0.5, 0.6) is 5.75 Å². The van der Waals surface area contributed by atoms with Crippen LogP contribution in [0.2, 0.25) is 0 Å². The number of cyclic esters (lactones) is 4. The number of esters is 4. The van der Waals surface area contributed by atoms with E-state index in [1.165, 1.54) is 0 Å². The molecule has 0 N–H and O–H groups in total. The fourth-order valence-corrected chi connectivity index (χ4v) is 9.55. The Morgan fingerprint density at radius 2 is 1.42 bits per heavy atom. The number of carbonyl (C=O) groups excluding carboxylic acids is 4. The lowest BCUT2D eigenvalue weighted by molar-refractivity contribution is -0.159. The van der Waals surface area contributed by atoms with Crippen molar-refractivity contribution >= 4 is 23.9 Å². The zero-order chi connectivity index (χ0) is 24.6. The largest absolute Gasteiger partial charge is 0.497 e. The topological polar surface area (TPSA) is 96.0 Å². The molecule has 8 unspecified atom stereocenters. The van der Waals surface area contributed by atoms with Gasteiger partial charge >= 0.3 is 23.9 Å². The average Bonchev–Trinajstić information content (AvgIpc) is 3.69. The van der Waals surface area contributed by atoms with Gasteiger partial charge in [-0.15, -0.1) is 0 Å². The van der Waals surface area contributed by atoms with E-state index >= 15 is 0 Å². The molecule has 5 fully saturated rings. The maximum atomic E-state index is 13.5. The van der Waals surface area contributed by atoms with E-state index in [0.717, 1.165) is 16.7 Å². The second-order valence-corrected chi connectivity index (χ2v) is 11.1. The summed E-state index contributed by atoms with van der Waals surface area (Å²) < 4.78 is 16.0. The Balaban J connectivity index is 1.49. The van der Waals surface area contributed by atoms with E-state index in [-0.39, 0.29) is 5.92 Å². The number of fused-ring (bicyclic) bond motifs is 9. The van der Waals surface area contributed by atoms with Gasteiger partial charge in [0, 0.05) is 16.2 Å². The van der Waals surface area contributed by atoms with Crippen LogP contribution in [0.4, 0.5) is 0 Å². The number of rotatable bonds is 3. The van der Waals surface area contributed by atoms with Crippen LogP contribution in [0.1, 0.15) is 24.0 Å². The molecule has 0 amide bonds. The molecule has 8 rings (SSSR count). The van der Waals surface area contributed by atoms with Gasteiger partial charge in [-0.3, -0.25) is 19.2 Å². The van der Waals surface area contributed by atoms with Crippen molar-refractivity contribution < 1.29 is 33.4 Å². The minimum Gasteiger partial charge on any atom is -0.497 e. The standard InChI is InChI=1S/C29H22O7/c1-34-17-9-7-15(8-10-17)27-13-29(16-5-3-2-4-6-16,22-21(27)25(32)36-26(22)33)28-12-14(11-18(27)28)19-20(28)24(31)35-23(19)30/h2-11,14,19-22H,12-13H2,1H3. The lowest BCUT2D eigenvalue weighted by atomic mass is 9.47. The molecule has 4 bridgehead atoms. The number of benzene rings is 2. The normalized spacial score (nSPS) is 42.7. The molecule has 2 saturated heterocycles. The van der Waals surface area contributed by atoms with Gasteiger partial charge in [-0.2, -0.15) is 0 Å². The summed E-state index contributed by atoms with van der Waals surface area (Å²) in [5.41, 5.74) is 0.270. The summed E-state index contributed by atoms with van der Waals surface area (Å²) in [5, 5.41) is 0. The third-order valence-corrected chi connectivity index (χ3v) is 10.3. The van der Waals surface area contributed by atoms with E-state index in [1.807, 2.05) is 54.6 Å². The van der Waals surface area contributed by atoms with E-state index < -0.39 is 63.8 Å². The fraction of sp³-hybridized carbons (Fsp3) is 0.379. The fourth-order valence-electron chi connectivity index (χ4n) is 9.55. The molecule has 0 radical (unpaired) electrons. The molecule has 0 aromatic heterocycles. The van der Waals surface area contributed by atoms with Crippen molar-refractivity contribution in [3.63, 3.8) is 0 Å². The van der Waals surface area contributed by atoms with Gasteiger partial charge in [0.2, 0.25) is 0 Å². The molecule has 36 heavy (non-hydrogen) atoms. The molecular formula is C29H22O7. The molecule has 2 heterocycles. The van der Waals surface area contributed by atoms with E-state index in [1.54, 1.807) is 7.11 Å². The summed E-state index contributed by atoms with van der Waals surface area (Å²) >= 11 is 0. The smallest absolute Gasteiger partial charge is 0.318 e. The number of ether oxygens (including phenoxy) is 3. The number of methoxy groups -OCH3 is 1. The first kappa shape index (κ1) is 20.5. The minimum absolute atomic E-state index is 0.171. The Labute approximate surface area is 206 Å². The van der Waals surface area contributed by atoms with Crippen molar-refractivity contribution in [2.75, 3.05) is 7.11 Å². The van der Waals surface area contributed by atoms with Gasteiger partial charge in [-0.1, -0.05) is 54.1 Å². The molecule has 8 atom stereocenters. The molecule has 4 aliphatic carbocycles. The molecule has 7 heteroatoms. The van der Waals surface area contributed by atoms with Crippen molar-refractivity contribution in [2.24, 2.45) is 35.0 Å². The van der Waals surface area contributed by atoms with Crippen molar-refractivity contribution in [2.45, 2.75) is 23.7 Å². The molecule has 180 valence electrons. The van der Waals surface area contributed by atoms with Crippen molar-refractivity contribution in [3.05, 3.63) is 77.4 Å². The number of carbonyl (C=O) groups is 4. The molecule has 2 aromatic rings. The number of allylic oxidation sites excluding steroid dienone is 2. The van der Waals surface area contributed by atoms with Crippen LogP contribution in [-0.4, -0.2) is 31.0 Å². The zero-order valence-electron chi connectivity index (χ0n) is 19.4. The minimum atomic E-state index is -0.883. The lowest BCUT2D eigenvalue weighted by Gasteiger charge is -2.52. The van der Waals surface area contributed by atoms with Gasteiger partial charge in [-0.05, 0) is 42.0 Å². The van der Waals surface area contributed by atoms with E-state index in [2.05, 4.69) is 6.08 Å². The second-order valence-electron chi connectivity index (χ2n) is 11.1. The highest BCUT2D eigenvalue weighted by molar-refractivity contribution is 6.04. The van der Waals surface area contributed by atoms with Gasteiger partial charge < -0.3 is 14.2 Å². The summed E-state index contributed by atoms with van der Waals surface area (Å²) in [6, 6.07) is 17.3. The van der Waals surface area contributed by atoms with E-state index in [9.17, 15) is 19.2 Å². The first-order valence-electron chi connectivity index (χ1n) is 12.3. The number of hydrogen-bond donors (Lipinski definition) is 0. The average molecular weight is 482 g/mol. The van der Waals surface area contributed by atoms with Crippen LogP contribution in [0.15, 0.2) is 66.2 Å². The summed E-state index contributed by atoms with van der Waals surface area (Å²) in [7, 11) is 1.60. The maximum absolute atomic E-state index is 13.5. The van der Waals surface area contributed by atoms with Gasteiger partial charge in [-0.25, -0.2) is 0 Å². The van der Waals surface area contributed by atoms with Crippen LogP contribution >= 0.6 is 0 Å². The molecule has 1 spiro atoms. The Bertz CT molecular complexity index is 1440. The Hall–Kier alpha value is -3.74. The predicted octanol–water partition coefficient (Wildman–Crippen LogP) is 2.87. The zero-order valence-corrected chi connectivity index (χ0v) is 19.4. The lowest BCUT2D eigenvalue weighted by Crippen LogP contribution is -2.57. The van der Waals surface area contributed by atoms with Crippen molar-refractivity contribution in [1.29, 1.82) is 0 Å². The quantitative estimate of drug-likeness (QED) is 0.377. The third kappa shape index (κ3) is 1.85. The maximum Gasteiger partial charge on any atom is 0.318 e. The highest BCUT2D eigenvalue weighted by atomic mass is 16.6. The van der Waals surface area contributed by atoms with Crippen LogP contribution < -0.4 is 4.74 Å². The monoisotopic (exact) mass is 482 g/mol. The third-order valence-electron chi connectivity index (χ3n) is 10.3. The van der Waals surface area contributed by atoms with Crippen molar-refractivity contribution in [3.8, 4) is 5.75 Å². The molecule has 3 saturated carbocycles. The molecule has 7 nitrogen and oxygen atoms in total. The molecular weight excluding hydrogens is 460 g/mol. The van der Waals surface area contributed by atoms with Gasteiger partial charge in [0.1, 0.15) is 5.75 Å². The molecule has 6 aliphatic rings. The Kier molecular flexibility index (Phi) is 3.49. The summed E-state index contributed by atoms with van der Waals surface area (Å²) in [5.74, 6) is -4.23. The SMILES string of the molecule is COc1ccc(C23CC(c4ccccc4)(C4C(=O)OC(=O)C42)C24CC(C=C32)C2C(=O)OC(=O)C24)cc1. The first-order chi connectivity index (χ1) is 17.4. The Morgan fingerprint density at radius 1 is 0.750 bits per heavy atom. The van der Waals surface area contributed by atoms with Crippen LogP contribution in [0, 0.1) is 35.0 Å². The summed E-state index contributed by atoms with van der Waals surface area (Å²) in [6.07, 6.45) is 3.19. The van der Waals surface area contributed by atoms with E-state index in [0.29, 0.717) is 18.6 Å². The highest BCUT2D eigenvalue weighted by Gasteiger charge is 2.89. The predicted molar refractivity (Wildman–Crippen MR) is 122 cm³/mol. The summed E-state index contributed by atoms with van der Waals surface area (Å²) in [6.45, 7) is 0. The highest BCUT2D eigenvalue weighted by Crippen LogP contribution is 2.86. The van der Waals surface area contributed by atoms with Crippen LogP contribution in [0.3, 0.4) is 0 Å². The molecule has 2 aromatic carbocycles. The van der Waals surface area contributed by atoms with Gasteiger partial charge in [0.25, 0.3) is 0 Å². The second kappa shape index (κ2) is 6.14. The van der Waals surface area contributed by atoms with Gasteiger partial charge in [0.05, 0.1) is 30.8 Å². The number of hydrogen-bond acceptors (Lipinski definition) is 7. The van der Waals surface area contributed by atoms with Crippen molar-refractivity contribution in [1.82, 2.24) is 0 Å². The van der Waals surface area contributed by atoms with Gasteiger partial charge in [0.15, 0.2) is 0 Å². The Morgan fingerprint density at radius 3 is 2.14 bits per heavy atom. The van der Waals surface area contributed by atoms with Crippen LogP contribution in [-0.2, 0) is 39.5 Å². The van der Waals surface area contributed by atoms with Crippen LogP contribution in [0.25, 0.3) is 0 Å². The molecule has 2 aliphatic heterocycles.